The van der Waals surface area contributed by atoms with Crippen molar-refractivity contribution < 1.29 is 4.42 Å². The smallest absolute Gasteiger partial charge is 0.167 e. The summed E-state index contributed by atoms with van der Waals surface area (Å²) >= 11 is 0. The zero-order valence-corrected chi connectivity index (χ0v) is 21.6. The van der Waals surface area contributed by atoms with E-state index in [0.717, 1.165) is 61.1 Å². The molecule has 5 nitrogen and oxygen atoms in total. The minimum absolute atomic E-state index is 0.566. The van der Waals surface area contributed by atoms with Crippen molar-refractivity contribution in [3.63, 3.8) is 0 Å². The number of hydrogen-bond donors (Lipinski definition) is 0. The Balaban J connectivity index is 1.55. The highest BCUT2D eigenvalue weighted by Crippen LogP contribution is 2.39. The average molecular weight is 505 g/mol. The van der Waals surface area contributed by atoms with E-state index in [0.29, 0.717) is 17.5 Å². The van der Waals surface area contributed by atoms with Gasteiger partial charge in [-0.25, -0.2) is 15.0 Å². The molecule has 0 saturated heterocycles. The summed E-state index contributed by atoms with van der Waals surface area (Å²) in [5, 5.41) is 2.08. The van der Waals surface area contributed by atoms with Crippen LogP contribution < -0.4 is 0 Å². The first-order valence-corrected chi connectivity index (χ1v) is 12.9. The molecular formula is C34H24N4O. The molecule has 0 bridgehead atoms. The summed E-state index contributed by atoms with van der Waals surface area (Å²) in [7, 11) is 0. The average Bonchev–Trinajstić information content (AvgIpc) is 3.35. The Morgan fingerprint density at radius 1 is 0.462 bits per heavy atom. The Hall–Kier alpha value is -5.16. The minimum atomic E-state index is 0.566. The van der Waals surface area contributed by atoms with Crippen molar-refractivity contribution in [2.75, 3.05) is 0 Å². The first-order valence-electron chi connectivity index (χ1n) is 12.9. The quantitative estimate of drug-likeness (QED) is 0.241. The van der Waals surface area contributed by atoms with Gasteiger partial charge in [0.1, 0.15) is 11.2 Å². The maximum Gasteiger partial charge on any atom is 0.167 e. The van der Waals surface area contributed by atoms with Crippen LogP contribution in [0.15, 0.2) is 114 Å². The van der Waals surface area contributed by atoms with Crippen LogP contribution in [-0.4, -0.2) is 19.9 Å². The van der Waals surface area contributed by atoms with E-state index < -0.39 is 0 Å². The molecular weight excluding hydrogens is 480 g/mol. The molecule has 0 fully saturated rings. The van der Waals surface area contributed by atoms with Crippen LogP contribution >= 0.6 is 0 Å². The second kappa shape index (κ2) is 9.30. The zero-order chi connectivity index (χ0) is 26.3. The first-order chi connectivity index (χ1) is 19.1. The lowest BCUT2D eigenvalue weighted by molar-refractivity contribution is 0.669. The molecule has 3 heterocycles. The van der Waals surface area contributed by atoms with E-state index in [-0.39, 0.29) is 0 Å². The molecule has 0 radical (unpaired) electrons. The van der Waals surface area contributed by atoms with Crippen molar-refractivity contribution in [1.29, 1.82) is 0 Å². The number of nitrogens with zero attached hydrogens (tertiary/aromatic N) is 4. The van der Waals surface area contributed by atoms with Crippen molar-refractivity contribution in [3.8, 4) is 45.3 Å². The monoisotopic (exact) mass is 504 g/mol. The summed E-state index contributed by atoms with van der Waals surface area (Å²) in [6.45, 7) is 4.04. The number of pyridine rings is 1. The van der Waals surface area contributed by atoms with E-state index in [1.165, 1.54) is 0 Å². The van der Waals surface area contributed by atoms with Gasteiger partial charge < -0.3 is 4.42 Å². The van der Waals surface area contributed by atoms with E-state index in [4.69, 9.17) is 19.4 Å². The van der Waals surface area contributed by atoms with E-state index in [1.54, 1.807) is 0 Å². The van der Waals surface area contributed by atoms with Crippen LogP contribution in [0.2, 0.25) is 0 Å². The molecule has 0 spiro atoms. The Morgan fingerprint density at radius 3 is 1.64 bits per heavy atom. The zero-order valence-electron chi connectivity index (χ0n) is 21.6. The molecule has 0 aliphatic carbocycles. The highest BCUT2D eigenvalue weighted by Gasteiger charge is 2.19. The first kappa shape index (κ1) is 23.0. The molecule has 0 aliphatic heterocycles. The van der Waals surface area contributed by atoms with Gasteiger partial charge in [0.25, 0.3) is 0 Å². The maximum absolute atomic E-state index is 6.45. The standard InChI is InChI=1S/C34H24N4O/c1-21-17-25(18-22(2)35-21)26-19-28-27-15-9-10-16-30(27)39-31(28)29(20-26)34-37-32(23-11-5-3-6-12-23)36-33(38-34)24-13-7-4-8-14-24/h3-20H,1-2H3. The van der Waals surface area contributed by atoms with Gasteiger partial charge >= 0.3 is 0 Å². The number of hydrogen-bond acceptors (Lipinski definition) is 5. The Kier molecular flexibility index (Phi) is 5.48. The lowest BCUT2D eigenvalue weighted by atomic mass is 9.98. The number of aromatic nitrogens is 4. The Labute approximate surface area is 225 Å². The summed E-state index contributed by atoms with van der Waals surface area (Å²) in [5.41, 5.74) is 8.35. The minimum Gasteiger partial charge on any atom is -0.455 e. The number of rotatable bonds is 4. The van der Waals surface area contributed by atoms with Gasteiger partial charge in [-0.2, -0.15) is 0 Å². The fourth-order valence-corrected chi connectivity index (χ4v) is 5.09. The molecule has 5 heteroatoms. The number of fused-ring (bicyclic) bond motifs is 3. The van der Waals surface area contributed by atoms with Gasteiger partial charge in [0, 0.05) is 33.3 Å². The maximum atomic E-state index is 6.45. The van der Waals surface area contributed by atoms with Crippen LogP contribution in [0.4, 0.5) is 0 Å². The lowest BCUT2D eigenvalue weighted by Gasteiger charge is -2.11. The summed E-state index contributed by atoms with van der Waals surface area (Å²) in [5.74, 6) is 1.80. The number of furan rings is 1. The molecule has 0 atom stereocenters. The van der Waals surface area contributed by atoms with Gasteiger partial charge in [-0.15, -0.1) is 0 Å². The Bertz CT molecular complexity index is 1900. The molecule has 7 rings (SSSR count). The summed E-state index contributed by atoms with van der Waals surface area (Å²) in [6, 6.07) is 36.7. The molecule has 0 N–H and O–H groups in total. The predicted molar refractivity (Wildman–Crippen MR) is 156 cm³/mol. The fourth-order valence-electron chi connectivity index (χ4n) is 5.09. The second-order valence-corrected chi connectivity index (χ2v) is 9.68. The van der Waals surface area contributed by atoms with E-state index >= 15 is 0 Å². The SMILES string of the molecule is Cc1cc(-c2cc(-c3nc(-c4ccccc4)nc(-c4ccccc4)n3)c3oc4ccccc4c3c2)cc(C)n1. The highest BCUT2D eigenvalue weighted by atomic mass is 16.3. The third-order valence-corrected chi connectivity index (χ3v) is 6.83. The van der Waals surface area contributed by atoms with Crippen molar-refractivity contribution in [1.82, 2.24) is 19.9 Å². The van der Waals surface area contributed by atoms with Crippen LogP contribution in [-0.2, 0) is 0 Å². The van der Waals surface area contributed by atoms with Gasteiger partial charge in [0.15, 0.2) is 17.5 Å². The molecule has 4 aromatic carbocycles. The van der Waals surface area contributed by atoms with Crippen LogP contribution in [0.1, 0.15) is 11.4 Å². The molecule has 186 valence electrons. The van der Waals surface area contributed by atoms with Crippen molar-refractivity contribution in [3.05, 3.63) is 121 Å². The van der Waals surface area contributed by atoms with Crippen molar-refractivity contribution in [2.45, 2.75) is 13.8 Å². The van der Waals surface area contributed by atoms with Crippen LogP contribution in [0.25, 0.3) is 67.2 Å². The van der Waals surface area contributed by atoms with E-state index in [2.05, 4.69) is 35.3 Å². The van der Waals surface area contributed by atoms with Crippen LogP contribution in [0.5, 0.6) is 0 Å². The number of benzene rings is 4. The Morgan fingerprint density at radius 2 is 1.00 bits per heavy atom. The summed E-state index contributed by atoms with van der Waals surface area (Å²) < 4.78 is 6.45. The summed E-state index contributed by atoms with van der Waals surface area (Å²) in [4.78, 5) is 19.4. The highest BCUT2D eigenvalue weighted by molar-refractivity contribution is 6.11. The van der Waals surface area contributed by atoms with Gasteiger partial charge in [0.05, 0.1) is 5.56 Å². The van der Waals surface area contributed by atoms with E-state index in [9.17, 15) is 0 Å². The van der Waals surface area contributed by atoms with Crippen LogP contribution in [0.3, 0.4) is 0 Å². The molecule has 0 aliphatic rings. The van der Waals surface area contributed by atoms with Crippen molar-refractivity contribution >= 4 is 21.9 Å². The van der Waals surface area contributed by atoms with Gasteiger partial charge in [-0.1, -0.05) is 78.9 Å². The third-order valence-electron chi connectivity index (χ3n) is 6.83. The van der Waals surface area contributed by atoms with Crippen molar-refractivity contribution in [2.24, 2.45) is 0 Å². The molecule has 39 heavy (non-hydrogen) atoms. The number of para-hydroxylation sites is 1. The third kappa shape index (κ3) is 4.24. The normalized spacial score (nSPS) is 11.3. The molecule has 7 aromatic rings. The number of aryl methyl sites for hydroxylation is 2. The lowest BCUT2D eigenvalue weighted by Crippen LogP contribution is -2.00. The van der Waals surface area contributed by atoms with Gasteiger partial charge in [-0.3, -0.25) is 4.98 Å². The van der Waals surface area contributed by atoms with Crippen LogP contribution in [0, 0.1) is 13.8 Å². The second-order valence-electron chi connectivity index (χ2n) is 9.68. The van der Waals surface area contributed by atoms with E-state index in [1.807, 2.05) is 92.7 Å². The largest absolute Gasteiger partial charge is 0.455 e. The predicted octanol–water partition coefficient (Wildman–Crippen LogP) is 8.45. The summed E-state index contributed by atoms with van der Waals surface area (Å²) in [6.07, 6.45) is 0. The molecule has 0 saturated carbocycles. The topological polar surface area (TPSA) is 64.7 Å². The molecule has 0 amide bonds. The van der Waals surface area contributed by atoms with Gasteiger partial charge in [0.2, 0.25) is 0 Å². The molecule has 3 aromatic heterocycles. The van der Waals surface area contributed by atoms with Gasteiger partial charge in [-0.05, 0) is 55.3 Å². The molecule has 0 unspecified atom stereocenters. The fraction of sp³-hybridized carbons (Fsp3) is 0.0588.